The van der Waals surface area contributed by atoms with Gasteiger partial charge < -0.3 is 5.73 Å². The molecule has 1 aromatic rings. The molecule has 0 heterocycles. The van der Waals surface area contributed by atoms with Crippen molar-refractivity contribution in [1.29, 1.82) is 0 Å². The lowest BCUT2D eigenvalue weighted by Crippen LogP contribution is -2.14. The monoisotopic (exact) mass is 253 g/mol. The van der Waals surface area contributed by atoms with Gasteiger partial charge in [-0.05, 0) is 60.9 Å². The van der Waals surface area contributed by atoms with Crippen molar-refractivity contribution in [3.05, 3.63) is 33.8 Å². The molecule has 0 aliphatic rings. The second kappa shape index (κ2) is 5.88. The minimum absolute atomic E-state index is 0.150. The minimum atomic E-state index is 0.150. The Morgan fingerprint density at radius 2 is 1.82 bits per heavy atom. The Kier molecular flexibility index (Phi) is 5.03. The van der Waals surface area contributed by atoms with Crippen molar-refractivity contribution in [3.63, 3.8) is 0 Å². The zero-order valence-corrected chi connectivity index (χ0v) is 12.2. The molecule has 0 aliphatic heterocycles. The van der Waals surface area contributed by atoms with Crippen LogP contribution in [0.4, 0.5) is 0 Å². The summed E-state index contributed by atoms with van der Waals surface area (Å²) >= 11 is 6.31. The largest absolute Gasteiger partial charge is 0.330 e. The Morgan fingerprint density at radius 3 is 2.35 bits per heavy atom. The maximum atomic E-state index is 6.31. The van der Waals surface area contributed by atoms with Gasteiger partial charge in [0.2, 0.25) is 0 Å². The number of aryl methyl sites for hydroxylation is 1. The van der Waals surface area contributed by atoms with Crippen molar-refractivity contribution in [2.75, 3.05) is 6.54 Å². The second-order valence-electron chi connectivity index (χ2n) is 5.75. The summed E-state index contributed by atoms with van der Waals surface area (Å²) in [6.07, 6.45) is 3.29. The lowest BCUT2D eigenvalue weighted by molar-refractivity contribution is 0.584. The number of halogens is 1. The summed E-state index contributed by atoms with van der Waals surface area (Å²) in [4.78, 5) is 0. The predicted molar refractivity (Wildman–Crippen MR) is 76.9 cm³/mol. The summed E-state index contributed by atoms with van der Waals surface area (Å²) in [6, 6.07) is 4.40. The molecule has 0 spiro atoms. The second-order valence-corrected chi connectivity index (χ2v) is 6.15. The fraction of sp³-hybridized carbons (Fsp3) is 0.600. The molecule has 1 rings (SSSR count). The van der Waals surface area contributed by atoms with E-state index >= 15 is 0 Å². The molecule has 0 saturated carbocycles. The Balaban J connectivity index is 2.98. The Morgan fingerprint density at radius 1 is 1.18 bits per heavy atom. The van der Waals surface area contributed by atoms with Crippen LogP contribution in [0.2, 0.25) is 5.02 Å². The number of hydrogen-bond donors (Lipinski definition) is 1. The van der Waals surface area contributed by atoms with Crippen LogP contribution in [0.1, 0.15) is 50.3 Å². The van der Waals surface area contributed by atoms with Crippen LogP contribution in [0.3, 0.4) is 0 Å². The maximum absolute atomic E-state index is 6.31. The molecular weight excluding hydrogens is 230 g/mol. The van der Waals surface area contributed by atoms with Crippen LogP contribution in [0, 0.1) is 6.92 Å². The highest BCUT2D eigenvalue weighted by Crippen LogP contribution is 2.31. The lowest BCUT2D eigenvalue weighted by atomic mass is 9.83. The van der Waals surface area contributed by atoms with Gasteiger partial charge in [-0.3, -0.25) is 0 Å². The van der Waals surface area contributed by atoms with Crippen molar-refractivity contribution >= 4 is 11.6 Å². The standard InChI is InChI=1S/C15H24ClN/c1-11-13(15(2,3)4)9-12(10-14(11)16)7-5-6-8-17/h9-10H,5-8,17H2,1-4H3. The highest BCUT2D eigenvalue weighted by atomic mass is 35.5. The lowest BCUT2D eigenvalue weighted by Gasteiger charge is -2.23. The quantitative estimate of drug-likeness (QED) is 0.799. The number of unbranched alkanes of at least 4 members (excludes halogenated alkanes) is 1. The molecule has 2 heteroatoms. The van der Waals surface area contributed by atoms with Gasteiger partial charge in [-0.1, -0.05) is 38.4 Å². The van der Waals surface area contributed by atoms with E-state index in [1.54, 1.807) is 0 Å². The first-order valence-corrected chi connectivity index (χ1v) is 6.73. The molecule has 0 fully saturated rings. The average Bonchev–Trinajstić information content (AvgIpc) is 2.21. The summed E-state index contributed by atoms with van der Waals surface area (Å²) in [7, 11) is 0. The zero-order chi connectivity index (χ0) is 13.1. The highest BCUT2D eigenvalue weighted by molar-refractivity contribution is 6.31. The molecule has 17 heavy (non-hydrogen) atoms. The summed E-state index contributed by atoms with van der Waals surface area (Å²) in [5, 5.41) is 0.889. The third-order valence-corrected chi connectivity index (χ3v) is 3.52. The van der Waals surface area contributed by atoms with E-state index in [2.05, 4.69) is 39.8 Å². The Hall–Kier alpha value is -0.530. The Labute approximate surface area is 110 Å². The van der Waals surface area contributed by atoms with Gasteiger partial charge >= 0.3 is 0 Å². The van der Waals surface area contributed by atoms with Crippen molar-refractivity contribution in [2.45, 2.75) is 52.4 Å². The van der Waals surface area contributed by atoms with Crippen LogP contribution in [0.25, 0.3) is 0 Å². The molecular formula is C15H24ClN. The van der Waals surface area contributed by atoms with Crippen LogP contribution in [0.5, 0.6) is 0 Å². The molecule has 0 saturated heterocycles. The normalized spacial score (nSPS) is 11.9. The molecule has 2 N–H and O–H groups in total. The molecule has 0 aromatic heterocycles. The molecule has 1 aromatic carbocycles. The van der Waals surface area contributed by atoms with Gasteiger partial charge in [0, 0.05) is 5.02 Å². The molecule has 96 valence electrons. The SMILES string of the molecule is Cc1c(Cl)cc(CCCCN)cc1C(C)(C)C. The van der Waals surface area contributed by atoms with Crippen molar-refractivity contribution in [1.82, 2.24) is 0 Å². The summed E-state index contributed by atoms with van der Waals surface area (Å²) < 4.78 is 0. The van der Waals surface area contributed by atoms with E-state index in [-0.39, 0.29) is 5.41 Å². The zero-order valence-electron chi connectivity index (χ0n) is 11.4. The highest BCUT2D eigenvalue weighted by Gasteiger charge is 2.18. The maximum Gasteiger partial charge on any atom is 0.0440 e. The molecule has 0 atom stereocenters. The van der Waals surface area contributed by atoms with Crippen LogP contribution in [-0.2, 0) is 11.8 Å². The average molecular weight is 254 g/mol. The van der Waals surface area contributed by atoms with Crippen molar-refractivity contribution in [3.8, 4) is 0 Å². The molecule has 0 bridgehead atoms. The third kappa shape index (κ3) is 4.01. The van der Waals surface area contributed by atoms with E-state index in [4.69, 9.17) is 17.3 Å². The predicted octanol–water partition coefficient (Wildman–Crippen LogP) is 4.23. The van der Waals surface area contributed by atoms with Crippen molar-refractivity contribution < 1.29 is 0 Å². The number of hydrogen-bond acceptors (Lipinski definition) is 1. The van der Waals surface area contributed by atoms with Crippen LogP contribution >= 0.6 is 11.6 Å². The van der Waals surface area contributed by atoms with E-state index in [0.29, 0.717) is 0 Å². The smallest absolute Gasteiger partial charge is 0.0440 e. The number of rotatable bonds is 4. The summed E-state index contributed by atoms with van der Waals surface area (Å²) in [5.41, 5.74) is 9.57. The third-order valence-electron chi connectivity index (χ3n) is 3.13. The van der Waals surface area contributed by atoms with E-state index in [1.807, 2.05) is 0 Å². The molecule has 0 radical (unpaired) electrons. The fourth-order valence-corrected chi connectivity index (χ4v) is 2.37. The summed E-state index contributed by atoms with van der Waals surface area (Å²) in [6.45, 7) is 9.57. The first-order chi connectivity index (χ1) is 7.86. The van der Waals surface area contributed by atoms with Gasteiger partial charge in [0.15, 0.2) is 0 Å². The van der Waals surface area contributed by atoms with Crippen LogP contribution in [-0.4, -0.2) is 6.54 Å². The number of nitrogens with two attached hydrogens (primary N) is 1. The van der Waals surface area contributed by atoms with E-state index in [9.17, 15) is 0 Å². The fourth-order valence-electron chi connectivity index (χ4n) is 2.13. The Bertz CT molecular complexity index is 377. The molecule has 0 unspecified atom stereocenters. The minimum Gasteiger partial charge on any atom is -0.330 e. The van der Waals surface area contributed by atoms with Crippen LogP contribution < -0.4 is 5.73 Å². The van der Waals surface area contributed by atoms with E-state index < -0.39 is 0 Å². The van der Waals surface area contributed by atoms with Gasteiger partial charge in [-0.15, -0.1) is 0 Å². The molecule has 1 nitrogen and oxygen atoms in total. The van der Waals surface area contributed by atoms with Crippen LogP contribution in [0.15, 0.2) is 12.1 Å². The van der Waals surface area contributed by atoms with Gasteiger partial charge in [0.1, 0.15) is 0 Å². The van der Waals surface area contributed by atoms with Gasteiger partial charge in [0.25, 0.3) is 0 Å². The van der Waals surface area contributed by atoms with Gasteiger partial charge in [-0.2, -0.15) is 0 Å². The van der Waals surface area contributed by atoms with Gasteiger partial charge in [-0.25, -0.2) is 0 Å². The van der Waals surface area contributed by atoms with Crippen molar-refractivity contribution in [2.24, 2.45) is 5.73 Å². The first kappa shape index (κ1) is 14.5. The molecule has 0 aliphatic carbocycles. The summed E-state index contributed by atoms with van der Waals surface area (Å²) in [5.74, 6) is 0. The first-order valence-electron chi connectivity index (χ1n) is 6.36. The van der Waals surface area contributed by atoms with E-state index in [1.165, 1.54) is 16.7 Å². The van der Waals surface area contributed by atoms with Gasteiger partial charge in [0.05, 0.1) is 0 Å². The molecule has 0 amide bonds. The topological polar surface area (TPSA) is 26.0 Å². The van der Waals surface area contributed by atoms with E-state index in [0.717, 1.165) is 30.8 Å². The number of benzene rings is 1.